The lowest BCUT2D eigenvalue weighted by atomic mass is 10.3. The van der Waals surface area contributed by atoms with Gasteiger partial charge in [0.15, 0.2) is 0 Å². The average molecular weight is 447 g/mol. The fourth-order valence-corrected chi connectivity index (χ4v) is 5.84. The highest BCUT2D eigenvalue weighted by Gasteiger charge is 2.27. The summed E-state index contributed by atoms with van der Waals surface area (Å²) in [5, 5.41) is 4.25. The fraction of sp³-hybridized carbons (Fsp3) is 0.250. The maximum atomic E-state index is 12.6. The molecule has 0 aliphatic carbocycles. The first-order valence-corrected chi connectivity index (χ1v) is 12.5. The predicted octanol–water partition coefficient (Wildman–Crippen LogP) is 2.14. The molecule has 2 aromatic carbocycles. The number of nitrogens with zero attached hydrogens (tertiary/aromatic N) is 3. The number of sulfonamides is 2. The Morgan fingerprint density at radius 3 is 2.17 bits per heavy atom. The van der Waals surface area contributed by atoms with Crippen molar-refractivity contribution in [2.75, 3.05) is 13.1 Å². The van der Waals surface area contributed by atoms with Crippen LogP contribution < -0.4 is 4.72 Å². The van der Waals surface area contributed by atoms with Gasteiger partial charge < -0.3 is 0 Å². The molecule has 158 valence electrons. The smallest absolute Gasteiger partial charge is 0.241 e. The van der Waals surface area contributed by atoms with Gasteiger partial charge in [0.2, 0.25) is 20.0 Å². The van der Waals surface area contributed by atoms with Crippen molar-refractivity contribution in [3.63, 3.8) is 0 Å². The maximum absolute atomic E-state index is 12.6. The minimum atomic E-state index is -3.79. The number of hydrogen-bond donors (Lipinski definition) is 1. The van der Waals surface area contributed by atoms with Gasteiger partial charge in [-0.2, -0.15) is 9.40 Å². The molecule has 0 radical (unpaired) electrons. The molecule has 8 nitrogen and oxygen atoms in total. The number of benzene rings is 2. The van der Waals surface area contributed by atoms with Crippen LogP contribution in [0.3, 0.4) is 0 Å². The van der Waals surface area contributed by atoms with Gasteiger partial charge in [0.05, 0.1) is 21.7 Å². The van der Waals surface area contributed by atoms with E-state index in [1.54, 1.807) is 17.1 Å². The normalized spacial score (nSPS) is 15.5. The molecule has 1 saturated heterocycles. The second-order valence-electron chi connectivity index (χ2n) is 7.04. The molecule has 0 saturated carbocycles. The van der Waals surface area contributed by atoms with Gasteiger partial charge in [0.1, 0.15) is 0 Å². The zero-order valence-electron chi connectivity index (χ0n) is 16.2. The van der Waals surface area contributed by atoms with Crippen molar-refractivity contribution < 1.29 is 16.8 Å². The Morgan fingerprint density at radius 1 is 0.867 bits per heavy atom. The van der Waals surface area contributed by atoms with Crippen LogP contribution >= 0.6 is 0 Å². The molecule has 1 aromatic heterocycles. The summed E-state index contributed by atoms with van der Waals surface area (Å²) in [6, 6.07) is 14.8. The predicted molar refractivity (Wildman–Crippen MR) is 112 cm³/mol. The van der Waals surface area contributed by atoms with Crippen molar-refractivity contribution in [2.24, 2.45) is 0 Å². The summed E-state index contributed by atoms with van der Waals surface area (Å²) in [6.07, 6.45) is 5.04. The summed E-state index contributed by atoms with van der Waals surface area (Å²) in [4.78, 5) is 0.116. The summed E-state index contributed by atoms with van der Waals surface area (Å²) in [5.41, 5.74) is 1.58. The Labute approximate surface area is 176 Å². The van der Waals surface area contributed by atoms with E-state index in [-0.39, 0.29) is 16.3 Å². The fourth-order valence-electron chi connectivity index (χ4n) is 3.30. The van der Waals surface area contributed by atoms with Crippen molar-refractivity contribution in [1.82, 2.24) is 18.8 Å². The number of rotatable bonds is 7. The molecule has 1 N–H and O–H groups in total. The first-order chi connectivity index (χ1) is 14.4. The van der Waals surface area contributed by atoms with E-state index in [4.69, 9.17) is 0 Å². The molecule has 0 atom stereocenters. The standard InChI is InChI=1S/C20H22N4O4S2/c25-29(26,22-15-17-14-21-24(16-17)18-6-2-1-3-7-18)19-8-10-20(11-9-19)30(27,28)23-12-4-5-13-23/h1-3,6-11,14,16,22H,4-5,12-13,15H2. The Hall–Kier alpha value is -2.53. The van der Waals surface area contributed by atoms with Crippen molar-refractivity contribution >= 4 is 20.0 Å². The van der Waals surface area contributed by atoms with E-state index >= 15 is 0 Å². The van der Waals surface area contributed by atoms with Crippen molar-refractivity contribution in [3.05, 3.63) is 72.6 Å². The number of hydrogen-bond acceptors (Lipinski definition) is 5. The lowest BCUT2D eigenvalue weighted by Gasteiger charge is -2.15. The Kier molecular flexibility index (Phi) is 5.74. The molecule has 0 spiro atoms. The molecule has 10 heteroatoms. The minimum absolute atomic E-state index is 0.0123. The Bertz CT molecular complexity index is 1220. The van der Waals surface area contributed by atoms with E-state index in [1.165, 1.54) is 28.6 Å². The van der Waals surface area contributed by atoms with Crippen molar-refractivity contribution in [3.8, 4) is 5.69 Å². The molecule has 3 aromatic rings. The first-order valence-electron chi connectivity index (χ1n) is 9.55. The van der Waals surface area contributed by atoms with Gasteiger partial charge in [-0.25, -0.2) is 26.2 Å². The molecule has 0 unspecified atom stereocenters. The van der Waals surface area contributed by atoms with Gasteiger partial charge in [-0.1, -0.05) is 18.2 Å². The SMILES string of the molecule is O=S(=O)(NCc1cnn(-c2ccccc2)c1)c1ccc(S(=O)(=O)N2CCCC2)cc1. The molecule has 4 rings (SSSR count). The summed E-state index contributed by atoms with van der Waals surface area (Å²) >= 11 is 0. The Morgan fingerprint density at radius 2 is 1.50 bits per heavy atom. The second-order valence-corrected chi connectivity index (χ2v) is 10.7. The van der Waals surface area contributed by atoms with Crippen LogP contribution in [0.2, 0.25) is 0 Å². The number of aromatic nitrogens is 2. The highest BCUT2D eigenvalue weighted by atomic mass is 32.2. The van der Waals surface area contributed by atoms with Gasteiger partial charge in [0.25, 0.3) is 0 Å². The van der Waals surface area contributed by atoms with E-state index in [0.29, 0.717) is 18.7 Å². The molecular formula is C20H22N4O4S2. The molecule has 1 fully saturated rings. The van der Waals surface area contributed by atoms with E-state index < -0.39 is 20.0 Å². The van der Waals surface area contributed by atoms with Gasteiger partial charge in [-0.15, -0.1) is 0 Å². The average Bonchev–Trinajstić information content (AvgIpc) is 3.46. The summed E-state index contributed by atoms with van der Waals surface area (Å²) in [7, 11) is -7.36. The molecule has 1 aliphatic rings. The zero-order valence-corrected chi connectivity index (χ0v) is 17.8. The van der Waals surface area contributed by atoms with Crippen molar-refractivity contribution in [2.45, 2.75) is 29.2 Å². The third-order valence-corrected chi connectivity index (χ3v) is 8.29. The lowest BCUT2D eigenvalue weighted by molar-refractivity contribution is 0.477. The van der Waals surface area contributed by atoms with E-state index in [2.05, 4.69) is 9.82 Å². The molecule has 0 bridgehead atoms. The topological polar surface area (TPSA) is 101 Å². The number of nitrogens with one attached hydrogen (secondary N) is 1. The van der Waals surface area contributed by atoms with Gasteiger partial charge in [0, 0.05) is 31.4 Å². The van der Waals surface area contributed by atoms with Crippen LogP contribution in [0.15, 0.2) is 76.8 Å². The molecular weight excluding hydrogens is 424 g/mol. The van der Waals surface area contributed by atoms with Crippen LogP contribution in [-0.2, 0) is 26.6 Å². The van der Waals surface area contributed by atoms with Gasteiger partial charge >= 0.3 is 0 Å². The monoisotopic (exact) mass is 446 g/mol. The largest absolute Gasteiger partial charge is 0.243 e. The quantitative estimate of drug-likeness (QED) is 0.599. The first kappa shape index (κ1) is 20.7. The summed E-state index contributed by atoms with van der Waals surface area (Å²) < 4.78 is 56.0. The highest BCUT2D eigenvalue weighted by molar-refractivity contribution is 7.89. The number of para-hydroxylation sites is 1. The van der Waals surface area contributed by atoms with Crippen LogP contribution in [-0.4, -0.2) is 44.0 Å². The van der Waals surface area contributed by atoms with E-state index in [9.17, 15) is 16.8 Å². The maximum Gasteiger partial charge on any atom is 0.243 e. The molecule has 2 heterocycles. The minimum Gasteiger partial charge on any atom is -0.241 e. The van der Waals surface area contributed by atoms with Gasteiger partial charge in [-0.05, 0) is 49.2 Å². The third kappa shape index (κ3) is 4.31. The summed E-state index contributed by atoms with van der Waals surface area (Å²) in [5.74, 6) is 0. The summed E-state index contributed by atoms with van der Waals surface area (Å²) in [6.45, 7) is 1.07. The van der Waals surface area contributed by atoms with Crippen LogP contribution in [0.4, 0.5) is 0 Å². The second kappa shape index (κ2) is 8.31. The van der Waals surface area contributed by atoms with Crippen molar-refractivity contribution in [1.29, 1.82) is 0 Å². The van der Waals surface area contributed by atoms with Crippen LogP contribution in [0.5, 0.6) is 0 Å². The Balaban J connectivity index is 1.44. The zero-order chi connectivity index (χ0) is 21.2. The molecule has 30 heavy (non-hydrogen) atoms. The van der Waals surface area contributed by atoms with E-state index in [1.807, 2.05) is 30.3 Å². The third-order valence-electron chi connectivity index (χ3n) is 4.96. The van der Waals surface area contributed by atoms with Gasteiger partial charge in [-0.3, -0.25) is 0 Å². The van der Waals surface area contributed by atoms with E-state index in [0.717, 1.165) is 18.5 Å². The molecule has 0 amide bonds. The van der Waals surface area contributed by atoms with Crippen LogP contribution in [0, 0.1) is 0 Å². The highest BCUT2D eigenvalue weighted by Crippen LogP contribution is 2.22. The molecule has 1 aliphatic heterocycles. The van der Waals surface area contributed by atoms with Crippen LogP contribution in [0.1, 0.15) is 18.4 Å². The lowest BCUT2D eigenvalue weighted by Crippen LogP contribution is -2.28. The van der Waals surface area contributed by atoms with Crippen LogP contribution in [0.25, 0.3) is 5.69 Å².